The Hall–Kier alpha value is -1.45. The van der Waals surface area contributed by atoms with E-state index in [1.54, 1.807) is 0 Å². The largest absolute Gasteiger partial charge is 0.357 e. The van der Waals surface area contributed by atoms with Gasteiger partial charge in [0, 0.05) is 37.2 Å². The molecule has 1 aromatic rings. The highest BCUT2D eigenvalue weighted by Crippen LogP contribution is 2.27. The summed E-state index contributed by atoms with van der Waals surface area (Å²) in [4.78, 5) is 18.9. The fraction of sp³-hybridized carbons (Fsp3) is 0.600. The number of likely N-dealkylation sites (tertiary alicyclic amines) is 1. The molecule has 1 saturated carbocycles. The van der Waals surface area contributed by atoms with Gasteiger partial charge < -0.3 is 15.5 Å². The smallest absolute Gasteiger partial charge is 0.225 e. The lowest BCUT2D eigenvalue weighted by molar-refractivity contribution is -0.134. The zero-order chi connectivity index (χ0) is 19.2. The maximum atomic E-state index is 13.8. The summed E-state index contributed by atoms with van der Waals surface area (Å²) < 4.78 is 27.1. The average molecular weight is 506 g/mol. The Balaban J connectivity index is 0.00000280. The van der Waals surface area contributed by atoms with Crippen LogP contribution in [0, 0.1) is 17.6 Å². The highest BCUT2D eigenvalue weighted by atomic mass is 127. The molecule has 2 fully saturated rings. The van der Waals surface area contributed by atoms with Crippen molar-refractivity contribution in [3.63, 3.8) is 0 Å². The van der Waals surface area contributed by atoms with Crippen LogP contribution in [0.3, 0.4) is 0 Å². The zero-order valence-electron chi connectivity index (χ0n) is 16.2. The van der Waals surface area contributed by atoms with Gasteiger partial charge in [0.05, 0.1) is 6.54 Å². The number of nitrogens with one attached hydrogen (secondary N) is 2. The van der Waals surface area contributed by atoms with E-state index in [-0.39, 0.29) is 54.0 Å². The summed E-state index contributed by atoms with van der Waals surface area (Å²) in [7, 11) is 0. The van der Waals surface area contributed by atoms with Crippen LogP contribution in [0.15, 0.2) is 23.2 Å². The second kappa shape index (κ2) is 10.9. The first kappa shape index (κ1) is 22.8. The molecule has 0 spiro atoms. The molecule has 5 nitrogen and oxygen atoms in total. The molecule has 3 rings (SSSR count). The number of halogens is 3. The van der Waals surface area contributed by atoms with E-state index in [0.717, 1.165) is 50.8 Å². The van der Waals surface area contributed by atoms with Crippen LogP contribution in [-0.4, -0.2) is 42.4 Å². The van der Waals surface area contributed by atoms with Crippen molar-refractivity contribution in [3.8, 4) is 0 Å². The van der Waals surface area contributed by atoms with Crippen LogP contribution in [0.2, 0.25) is 0 Å². The minimum absolute atomic E-state index is 0. The molecule has 0 bridgehead atoms. The van der Waals surface area contributed by atoms with E-state index < -0.39 is 11.6 Å². The third kappa shape index (κ3) is 6.02. The first-order valence-electron chi connectivity index (χ1n) is 9.84. The van der Waals surface area contributed by atoms with Gasteiger partial charge in [-0.25, -0.2) is 13.8 Å². The standard InChI is InChI=1S/C20H28F2N4O.HI/c1-2-23-20(24-12-15-11-16(21)7-8-18(15)22)25-17-9-10-26(13-17)19(27)14-5-3-4-6-14;/h7-8,11,14,17H,2-6,9-10,12-13H2,1H3,(H2,23,24,25);1H. The number of benzene rings is 1. The molecule has 0 aromatic heterocycles. The van der Waals surface area contributed by atoms with Gasteiger partial charge in [0.2, 0.25) is 5.91 Å². The zero-order valence-corrected chi connectivity index (χ0v) is 18.5. The van der Waals surface area contributed by atoms with Crippen LogP contribution in [0.5, 0.6) is 0 Å². The lowest BCUT2D eigenvalue weighted by Crippen LogP contribution is -2.45. The van der Waals surface area contributed by atoms with E-state index in [9.17, 15) is 13.6 Å². The van der Waals surface area contributed by atoms with E-state index in [0.29, 0.717) is 19.0 Å². The molecule has 1 heterocycles. The third-order valence-corrected chi connectivity index (χ3v) is 5.30. The number of nitrogens with zero attached hydrogens (tertiary/aromatic N) is 2. The highest BCUT2D eigenvalue weighted by molar-refractivity contribution is 14.0. The Morgan fingerprint density at radius 1 is 1.25 bits per heavy atom. The van der Waals surface area contributed by atoms with Crippen molar-refractivity contribution in [2.45, 2.75) is 51.6 Å². The molecule has 1 atom stereocenters. The summed E-state index contributed by atoms with van der Waals surface area (Å²) in [5, 5.41) is 6.46. The van der Waals surface area contributed by atoms with Gasteiger partial charge in [-0.05, 0) is 44.4 Å². The number of amides is 1. The topological polar surface area (TPSA) is 56.7 Å². The minimum Gasteiger partial charge on any atom is -0.357 e. The Morgan fingerprint density at radius 2 is 2.00 bits per heavy atom. The van der Waals surface area contributed by atoms with Crippen LogP contribution in [0.25, 0.3) is 0 Å². The van der Waals surface area contributed by atoms with Gasteiger partial charge >= 0.3 is 0 Å². The van der Waals surface area contributed by atoms with Gasteiger partial charge in [-0.15, -0.1) is 24.0 Å². The minimum atomic E-state index is -0.476. The van der Waals surface area contributed by atoms with Crippen LogP contribution < -0.4 is 10.6 Å². The third-order valence-electron chi connectivity index (χ3n) is 5.30. The Bertz CT molecular complexity index is 695. The summed E-state index contributed by atoms with van der Waals surface area (Å²) >= 11 is 0. The molecule has 8 heteroatoms. The number of guanidine groups is 1. The molecule has 2 N–H and O–H groups in total. The first-order valence-corrected chi connectivity index (χ1v) is 9.84. The summed E-state index contributed by atoms with van der Waals surface area (Å²) in [6.45, 7) is 4.08. The van der Waals surface area contributed by atoms with Crippen molar-refractivity contribution in [3.05, 3.63) is 35.4 Å². The first-order chi connectivity index (χ1) is 13.1. The second-order valence-electron chi connectivity index (χ2n) is 7.33. The molecule has 1 amide bonds. The normalized spacial score (nSPS) is 20.2. The molecule has 0 radical (unpaired) electrons. The molecule has 156 valence electrons. The van der Waals surface area contributed by atoms with Gasteiger partial charge in [-0.2, -0.15) is 0 Å². The van der Waals surface area contributed by atoms with Gasteiger partial charge in [-0.3, -0.25) is 4.79 Å². The van der Waals surface area contributed by atoms with Crippen molar-refractivity contribution in [2.24, 2.45) is 10.9 Å². The van der Waals surface area contributed by atoms with E-state index >= 15 is 0 Å². The van der Waals surface area contributed by atoms with Crippen molar-refractivity contribution in [1.29, 1.82) is 0 Å². The lowest BCUT2D eigenvalue weighted by Gasteiger charge is -2.21. The number of rotatable bonds is 5. The van der Waals surface area contributed by atoms with Crippen LogP contribution in [0.1, 0.15) is 44.6 Å². The fourth-order valence-electron chi connectivity index (χ4n) is 3.85. The average Bonchev–Trinajstić information content (AvgIpc) is 3.34. The molecule has 1 aliphatic carbocycles. The van der Waals surface area contributed by atoms with Crippen molar-refractivity contribution < 1.29 is 13.6 Å². The molecule has 1 unspecified atom stereocenters. The number of hydrogen-bond donors (Lipinski definition) is 2. The highest BCUT2D eigenvalue weighted by Gasteiger charge is 2.32. The van der Waals surface area contributed by atoms with E-state index in [2.05, 4.69) is 15.6 Å². The van der Waals surface area contributed by atoms with Crippen LogP contribution in [-0.2, 0) is 11.3 Å². The predicted octanol–water partition coefficient (Wildman–Crippen LogP) is 3.43. The SMILES string of the molecule is CCNC(=NCc1cc(F)ccc1F)NC1CCN(C(=O)C2CCCC2)C1.I. The summed E-state index contributed by atoms with van der Waals surface area (Å²) in [6, 6.07) is 3.50. The van der Waals surface area contributed by atoms with Crippen molar-refractivity contribution in [2.75, 3.05) is 19.6 Å². The number of aliphatic imine (C=N–C) groups is 1. The van der Waals surface area contributed by atoms with Crippen LogP contribution >= 0.6 is 24.0 Å². The molecule has 1 saturated heterocycles. The molecular weight excluding hydrogens is 477 g/mol. The van der Waals surface area contributed by atoms with Gasteiger partial charge in [-0.1, -0.05) is 12.8 Å². The maximum Gasteiger partial charge on any atom is 0.225 e. The predicted molar refractivity (Wildman–Crippen MR) is 117 cm³/mol. The van der Waals surface area contributed by atoms with E-state index in [1.807, 2.05) is 11.8 Å². The molecule has 1 aliphatic heterocycles. The molecule has 28 heavy (non-hydrogen) atoms. The summed E-state index contributed by atoms with van der Waals surface area (Å²) in [5.74, 6) is 0.0881. The van der Waals surface area contributed by atoms with Gasteiger partial charge in [0.15, 0.2) is 5.96 Å². The molecular formula is C20H29F2IN4O. The Kier molecular flexibility index (Phi) is 8.91. The maximum absolute atomic E-state index is 13.8. The number of carbonyl (C=O) groups excluding carboxylic acids is 1. The fourth-order valence-corrected chi connectivity index (χ4v) is 3.85. The monoisotopic (exact) mass is 506 g/mol. The van der Waals surface area contributed by atoms with E-state index in [1.165, 1.54) is 6.07 Å². The quantitative estimate of drug-likeness (QED) is 0.366. The van der Waals surface area contributed by atoms with Gasteiger partial charge in [0.25, 0.3) is 0 Å². The molecule has 1 aromatic carbocycles. The lowest BCUT2D eigenvalue weighted by atomic mass is 10.1. The van der Waals surface area contributed by atoms with Crippen LogP contribution in [0.4, 0.5) is 8.78 Å². The number of carbonyl (C=O) groups is 1. The summed E-state index contributed by atoms with van der Waals surface area (Å²) in [5.41, 5.74) is 0.219. The Morgan fingerprint density at radius 3 is 2.71 bits per heavy atom. The summed E-state index contributed by atoms with van der Waals surface area (Å²) in [6.07, 6.45) is 5.18. The van der Waals surface area contributed by atoms with Crippen molar-refractivity contribution in [1.82, 2.24) is 15.5 Å². The molecule has 2 aliphatic rings. The Labute approximate surface area is 182 Å². The number of hydrogen-bond acceptors (Lipinski definition) is 2. The second-order valence-corrected chi connectivity index (χ2v) is 7.33. The van der Waals surface area contributed by atoms with Crippen molar-refractivity contribution >= 4 is 35.8 Å². The van der Waals surface area contributed by atoms with Gasteiger partial charge in [0.1, 0.15) is 11.6 Å². The van der Waals surface area contributed by atoms with E-state index in [4.69, 9.17) is 0 Å².